The largest absolute Gasteiger partial charge is 0.573 e. The van der Waals surface area contributed by atoms with Crippen molar-refractivity contribution in [3.05, 3.63) is 40.9 Å². The zero-order chi connectivity index (χ0) is 15.5. The highest BCUT2D eigenvalue weighted by Crippen LogP contribution is 2.27. The van der Waals surface area contributed by atoms with Gasteiger partial charge in [0.25, 0.3) is 0 Å². The SMILES string of the molecule is CN(Cc1cnc(N)s1)Cc1ccccc1OC(F)(F)F. The van der Waals surface area contributed by atoms with Crippen LogP contribution in [0.1, 0.15) is 10.4 Å². The van der Waals surface area contributed by atoms with Gasteiger partial charge in [0, 0.05) is 29.7 Å². The highest BCUT2D eigenvalue weighted by atomic mass is 32.1. The number of rotatable bonds is 5. The van der Waals surface area contributed by atoms with Gasteiger partial charge in [-0.15, -0.1) is 24.5 Å². The summed E-state index contributed by atoms with van der Waals surface area (Å²) in [6.45, 7) is 0.874. The van der Waals surface area contributed by atoms with Gasteiger partial charge in [0.05, 0.1) is 0 Å². The van der Waals surface area contributed by atoms with E-state index in [1.165, 1.54) is 23.5 Å². The maximum Gasteiger partial charge on any atom is 0.573 e. The van der Waals surface area contributed by atoms with Crippen molar-refractivity contribution >= 4 is 16.5 Å². The van der Waals surface area contributed by atoms with E-state index in [9.17, 15) is 13.2 Å². The molecule has 0 radical (unpaired) electrons. The van der Waals surface area contributed by atoms with Crippen molar-refractivity contribution in [2.24, 2.45) is 0 Å². The maximum atomic E-state index is 12.4. The van der Waals surface area contributed by atoms with Gasteiger partial charge in [-0.2, -0.15) is 0 Å². The van der Waals surface area contributed by atoms with Crippen LogP contribution in [0.4, 0.5) is 18.3 Å². The Bertz CT molecular complexity index is 600. The third kappa shape index (κ3) is 4.91. The molecule has 8 heteroatoms. The summed E-state index contributed by atoms with van der Waals surface area (Å²) >= 11 is 1.35. The lowest BCUT2D eigenvalue weighted by Gasteiger charge is -2.18. The van der Waals surface area contributed by atoms with Crippen molar-refractivity contribution in [3.63, 3.8) is 0 Å². The molecule has 2 rings (SSSR count). The molecule has 0 aliphatic heterocycles. The Morgan fingerprint density at radius 3 is 2.62 bits per heavy atom. The first-order valence-electron chi connectivity index (χ1n) is 6.06. The van der Waals surface area contributed by atoms with Crippen LogP contribution in [0.3, 0.4) is 0 Å². The van der Waals surface area contributed by atoms with Crippen LogP contribution < -0.4 is 10.5 Å². The lowest BCUT2D eigenvalue weighted by Crippen LogP contribution is -2.21. The van der Waals surface area contributed by atoms with Gasteiger partial charge < -0.3 is 10.5 Å². The monoisotopic (exact) mass is 317 g/mol. The predicted molar refractivity (Wildman–Crippen MR) is 74.8 cm³/mol. The minimum Gasteiger partial charge on any atom is -0.405 e. The first-order chi connectivity index (χ1) is 9.83. The number of hydrogen-bond acceptors (Lipinski definition) is 5. The van der Waals surface area contributed by atoms with Crippen LogP contribution in [-0.2, 0) is 13.1 Å². The highest BCUT2D eigenvalue weighted by Gasteiger charge is 2.32. The standard InChI is InChI=1S/C13H14F3N3OS/c1-19(8-10-6-18-12(17)21-10)7-9-4-2-3-5-11(9)20-13(14,15)16/h2-6H,7-8H2,1H3,(H2,17,18). The fourth-order valence-electron chi connectivity index (χ4n) is 1.87. The van der Waals surface area contributed by atoms with Gasteiger partial charge in [-0.3, -0.25) is 4.90 Å². The second-order valence-electron chi connectivity index (χ2n) is 4.49. The number of para-hydroxylation sites is 1. The molecule has 0 bridgehead atoms. The summed E-state index contributed by atoms with van der Waals surface area (Å²) in [6, 6.07) is 6.10. The predicted octanol–water partition coefficient (Wildman–Crippen LogP) is 3.26. The topological polar surface area (TPSA) is 51.4 Å². The smallest absolute Gasteiger partial charge is 0.405 e. The minimum atomic E-state index is -4.69. The maximum absolute atomic E-state index is 12.4. The van der Waals surface area contributed by atoms with Crippen molar-refractivity contribution in [2.45, 2.75) is 19.5 Å². The van der Waals surface area contributed by atoms with Gasteiger partial charge in [-0.1, -0.05) is 18.2 Å². The molecule has 0 aliphatic carbocycles. The first-order valence-corrected chi connectivity index (χ1v) is 6.87. The molecule has 0 amide bonds. The average molecular weight is 317 g/mol. The van der Waals surface area contributed by atoms with Crippen molar-refractivity contribution < 1.29 is 17.9 Å². The van der Waals surface area contributed by atoms with Crippen molar-refractivity contribution in [3.8, 4) is 5.75 Å². The number of anilines is 1. The molecular weight excluding hydrogens is 303 g/mol. The molecule has 4 nitrogen and oxygen atoms in total. The summed E-state index contributed by atoms with van der Waals surface area (Å²) in [5.74, 6) is -0.180. The first kappa shape index (κ1) is 15.6. The highest BCUT2D eigenvalue weighted by molar-refractivity contribution is 7.15. The van der Waals surface area contributed by atoms with Crippen molar-refractivity contribution in [1.29, 1.82) is 0 Å². The molecule has 0 spiro atoms. The molecule has 1 heterocycles. The molecular formula is C13H14F3N3OS. The van der Waals surface area contributed by atoms with E-state index >= 15 is 0 Å². The molecule has 21 heavy (non-hydrogen) atoms. The number of benzene rings is 1. The van der Waals surface area contributed by atoms with Gasteiger partial charge in [0.2, 0.25) is 0 Å². The van der Waals surface area contributed by atoms with Crippen LogP contribution in [0.2, 0.25) is 0 Å². The number of halogens is 3. The Morgan fingerprint density at radius 2 is 2.00 bits per heavy atom. The van der Waals surface area contributed by atoms with Crippen LogP contribution in [0.5, 0.6) is 5.75 Å². The van der Waals surface area contributed by atoms with E-state index in [0.717, 1.165) is 4.88 Å². The van der Waals surface area contributed by atoms with Crippen LogP contribution in [0, 0.1) is 0 Å². The number of alkyl halides is 3. The van der Waals surface area contributed by atoms with Crippen LogP contribution in [0.15, 0.2) is 30.5 Å². The van der Waals surface area contributed by atoms with E-state index in [4.69, 9.17) is 5.73 Å². The molecule has 0 saturated carbocycles. The zero-order valence-corrected chi connectivity index (χ0v) is 12.0. The second-order valence-corrected chi connectivity index (χ2v) is 5.64. The molecule has 0 unspecified atom stereocenters. The summed E-state index contributed by atoms with van der Waals surface area (Å²) in [6.07, 6.45) is -3.03. The molecule has 114 valence electrons. The number of nitrogens with two attached hydrogens (primary N) is 1. The zero-order valence-electron chi connectivity index (χ0n) is 11.2. The molecule has 2 aromatic rings. The number of hydrogen-bond donors (Lipinski definition) is 1. The van der Waals surface area contributed by atoms with E-state index in [2.05, 4.69) is 9.72 Å². The molecule has 0 atom stereocenters. The van der Waals surface area contributed by atoms with Crippen LogP contribution >= 0.6 is 11.3 Å². The molecule has 0 saturated heterocycles. The molecule has 1 aromatic carbocycles. The molecule has 0 fully saturated rings. The third-order valence-electron chi connectivity index (χ3n) is 2.64. The quantitative estimate of drug-likeness (QED) is 0.919. The Labute approximate surface area is 124 Å². The lowest BCUT2D eigenvalue weighted by molar-refractivity contribution is -0.275. The molecule has 2 N–H and O–H groups in total. The minimum absolute atomic E-state index is 0.180. The fraction of sp³-hybridized carbons (Fsp3) is 0.308. The summed E-state index contributed by atoms with van der Waals surface area (Å²) in [7, 11) is 1.81. The number of aromatic nitrogens is 1. The van der Waals surface area contributed by atoms with E-state index in [1.54, 1.807) is 25.4 Å². The number of nitrogens with zero attached hydrogens (tertiary/aromatic N) is 2. The Balaban J connectivity index is 2.05. The Hall–Kier alpha value is -1.80. The van der Waals surface area contributed by atoms with Crippen molar-refractivity contribution in [1.82, 2.24) is 9.88 Å². The summed E-state index contributed by atoms with van der Waals surface area (Å²) in [4.78, 5) is 6.75. The number of ether oxygens (including phenoxy) is 1. The van der Waals surface area contributed by atoms with E-state index < -0.39 is 6.36 Å². The molecule has 1 aromatic heterocycles. The Morgan fingerprint density at radius 1 is 1.29 bits per heavy atom. The van der Waals surface area contributed by atoms with E-state index in [1.807, 2.05) is 4.90 Å². The second kappa shape index (κ2) is 6.31. The fourth-order valence-corrected chi connectivity index (χ4v) is 2.63. The van der Waals surface area contributed by atoms with Gasteiger partial charge in [-0.25, -0.2) is 4.98 Å². The van der Waals surface area contributed by atoms with Crippen LogP contribution in [0.25, 0.3) is 0 Å². The van der Waals surface area contributed by atoms with Gasteiger partial charge in [-0.05, 0) is 13.1 Å². The summed E-state index contributed by atoms with van der Waals surface area (Å²) < 4.78 is 41.1. The average Bonchev–Trinajstić information content (AvgIpc) is 2.75. The van der Waals surface area contributed by atoms with E-state index in [0.29, 0.717) is 23.8 Å². The van der Waals surface area contributed by atoms with Gasteiger partial charge >= 0.3 is 6.36 Å². The number of nitrogen functional groups attached to an aromatic ring is 1. The van der Waals surface area contributed by atoms with E-state index in [-0.39, 0.29) is 5.75 Å². The summed E-state index contributed by atoms with van der Waals surface area (Å²) in [5, 5.41) is 0.471. The normalized spacial score (nSPS) is 11.9. The van der Waals surface area contributed by atoms with Crippen LogP contribution in [-0.4, -0.2) is 23.3 Å². The summed E-state index contributed by atoms with van der Waals surface area (Å²) in [5.41, 5.74) is 6.01. The number of thiazole rings is 1. The molecule has 0 aliphatic rings. The van der Waals surface area contributed by atoms with Gasteiger partial charge in [0.15, 0.2) is 5.13 Å². The Kier molecular flexibility index (Phi) is 4.69. The van der Waals surface area contributed by atoms with Crippen molar-refractivity contribution in [2.75, 3.05) is 12.8 Å². The third-order valence-corrected chi connectivity index (χ3v) is 3.45. The lowest BCUT2D eigenvalue weighted by atomic mass is 10.2. The van der Waals surface area contributed by atoms with Gasteiger partial charge in [0.1, 0.15) is 5.75 Å².